The zero-order chi connectivity index (χ0) is 30.7. The van der Waals surface area contributed by atoms with Crippen LogP contribution in [0.4, 0.5) is 0 Å². The minimum Gasteiger partial charge on any atom is -0.488 e. The number of alkyl halides is 1. The molecule has 9 nitrogen and oxygen atoms in total. The Labute approximate surface area is 263 Å². The highest BCUT2D eigenvalue weighted by molar-refractivity contribution is 9.08. The SMILES string of the molecule is BrCc1cccnc1.Cc1cc(C=O)c(OCc2cccnc2)cc1OCc1cccn(-c2ccc3c(c2)OCCO3)c1=O. The Morgan fingerprint density at radius 3 is 2.27 bits per heavy atom. The van der Waals surface area contributed by atoms with Crippen LogP contribution in [0.5, 0.6) is 23.0 Å². The quantitative estimate of drug-likeness (QED) is 0.135. The monoisotopic (exact) mass is 655 g/mol. The molecule has 1 aliphatic rings. The van der Waals surface area contributed by atoms with Gasteiger partial charge in [-0.2, -0.15) is 0 Å². The Hall–Kier alpha value is -4.96. The summed E-state index contributed by atoms with van der Waals surface area (Å²) in [7, 11) is 0. The number of aldehydes is 1. The molecular weight excluding hydrogens is 626 g/mol. The number of aryl methyl sites for hydroxylation is 1. The van der Waals surface area contributed by atoms with Crippen LogP contribution >= 0.6 is 15.9 Å². The van der Waals surface area contributed by atoms with Crippen LogP contribution < -0.4 is 24.5 Å². The van der Waals surface area contributed by atoms with Crippen LogP contribution in [0.25, 0.3) is 5.69 Å². The fraction of sp³-hybridized carbons (Fsp3) is 0.176. The summed E-state index contributed by atoms with van der Waals surface area (Å²) in [5.74, 6) is 2.19. The van der Waals surface area contributed by atoms with Gasteiger partial charge in [0.25, 0.3) is 5.56 Å². The maximum absolute atomic E-state index is 13.2. The Morgan fingerprint density at radius 2 is 1.59 bits per heavy atom. The first-order chi connectivity index (χ1) is 21.6. The van der Waals surface area contributed by atoms with Gasteiger partial charge in [-0.3, -0.25) is 24.1 Å². The Morgan fingerprint density at radius 1 is 0.864 bits per heavy atom. The standard InChI is InChI=1S/C28H24N2O6.C6H6BrN/c1-19-12-22(16-31)26(35-17-20-4-2-8-29-15-20)14-25(19)36-18-21-5-3-9-30(28(21)32)23-6-7-24-27(13-23)34-11-10-33-24;7-4-6-2-1-3-8-5-6/h2-9,12-16H,10-11,17-18H2,1H3;1-3,5H,4H2. The molecular formula is C34H30BrN3O6. The molecule has 1 aliphatic heterocycles. The highest BCUT2D eigenvalue weighted by atomic mass is 79.9. The largest absolute Gasteiger partial charge is 0.488 e. The van der Waals surface area contributed by atoms with Crippen LogP contribution in [0.2, 0.25) is 0 Å². The van der Waals surface area contributed by atoms with Crippen molar-refractivity contribution in [2.45, 2.75) is 25.5 Å². The molecule has 6 rings (SSSR count). The molecule has 0 saturated carbocycles. The van der Waals surface area contributed by atoms with Crippen LogP contribution in [-0.2, 0) is 18.5 Å². The normalized spacial score (nSPS) is 11.6. The predicted molar refractivity (Wildman–Crippen MR) is 169 cm³/mol. The zero-order valence-electron chi connectivity index (χ0n) is 24.0. The molecule has 2 aromatic carbocycles. The lowest BCUT2D eigenvalue weighted by molar-refractivity contribution is 0.111. The molecule has 0 bridgehead atoms. The third-order valence-corrected chi connectivity index (χ3v) is 7.29. The van der Waals surface area contributed by atoms with Crippen molar-refractivity contribution in [3.05, 3.63) is 136 Å². The van der Waals surface area contributed by atoms with E-state index in [9.17, 15) is 9.59 Å². The lowest BCUT2D eigenvalue weighted by Gasteiger charge is -2.19. The number of halogens is 1. The van der Waals surface area contributed by atoms with E-state index in [-0.39, 0.29) is 18.8 Å². The van der Waals surface area contributed by atoms with E-state index in [0.717, 1.165) is 22.7 Å². The van der Waals surface area contributed by atoms with Crippen LogP contribution in [-0.4, -0.2) is 34.0 Å². The van der Waals surface area contributed by atoms with E-state index in [2.05, 4.69) is 25.9 Å². The lowest BCUT2D eigenvalue weighted by atomic mass is 10.1. The number of pyridine rings is 3. The van der Waals surface area contributed by atoms with E-state index >= 15 is 0 Å². The van der Waals surface area contributed by atoms with Gasteiger partial charge in [-0.25, -0.2) is 0 Å². The Bertz CT molecular complexity index is 1760. The molecule has 0 N–H and O–H groups in total. The summed E-state index contributed by atoms with van der Waals surface area (Å²) < 4.78 is 24.6. The van der Waals surface area contributed by atoms with Crippen LogP contribution in [0.15, 0.2) is 103 Å². The lowest BCUT2D eigenvalue weighted by Crippen LogP contribution is -2.23. The second-order valence-electron chi connectivity index (χ2n) is 9.74. The number of carbonyl (C=O) groups is 1. The number of benzene rings is 2. The minimum atomic E-state index is -0.204. The topological polar surface area (TPSA) is 102 Å². The zero-order valence-corrected chi connectivity index (χ0v) is 25.6. The molecule has 0 unspecified atom stereocenters. The molecule has 0 amide bonds. The molecule has 0 fully saturated rings. The van der Waals surface area contributed by atoms with Crippen molar-refractivity contribution < 1.29 is 23.7 Å². The van der Waals surface area contributed by atoms with E-state index in [4.69, 9.17) is 18.9 Å². The summed E-state index contributed by atoms with van der Waals surface area (Å²) >= 11 is 3.32. The van der Waals surface area contributed by atoms with Crippen molar-refractivity contribution in [3.63, 3.8) is 0 Å². The number of nitrogens with zero attached hydrogens (tertiary/aromatic N) is 3. The van der Waals surface area contributed by atoms with Gasteiger partial charge < -0.3 is 18.9 Å². The second-order valence-corrected chi connectivity index (χ2v) is 10.3. The summed E-state index contributed by atoms with van der Waals surface area (Å²) in [4.78, 5) is 32.8. The molecule has 10 heteroatoms. The van der Waals surface area contributed by atoms with Crippen molar-refractivity contribution in [1.82, 2.24) is 14.5 Å². The van der Waals surface area contributed by atoms with E-state index in [1.807, 2.05) is 43.5 Å². The number of fused-ring (bicyclic) bond motifs is 1. The van der Waals surface area contributed by atoms with Gasteiger partial charge in [0.1, 0.15) is 37.9 Å². The minimum absolute atomic E-state index is 0.0492. The average molecular weight is 657 g/mol. The fourth-order valence-corrected chi connectivity index (χ4v) is 4.71. The van der Waals surface area contributed by atoms with Crippen molar-refractivity contribution in [2.75, 3.05) is 13.2 Å². The summed E-state index contributed by atoms with van der Waals surface area (Å²) in [5, 5.41) is 0.890. The van der Waals surface area contributed by atoms with Crippen LogP contribution in [0, 0.1) is 6.92 Å². The first kappa shape index (κ1) is 30.5. The molecule has 0 aliphatic carbocycles. The Kier molecular flexibility index (Phi) is 10.4. The van der Waals surface area contributed by atoms with Gasteiger partial charge in [-0.1, -0.05) is 28.1 Å². The van der Waals surface area contributed by atoms with Gasteiger partial charge in [0, 0.05) is 54.0 Å². The highest BCUT2D eigenvalue weighted by Gasteiger charge is 2.15. The van der Waals surface area contributed by atoms with E-state index < -0.39 is 0 Å². The molecule has 224 valence electrons. The van der Waals surface area contributed by atoms with Crippen molar-refractivity contribution in [2.24, 2.45) is 0 Å². The third-order valence-electron chi connectivity index (χ3n) is 6.64. The van der Waals surface area contributed by atoms with Crippen molar-refractivity contribution in [1.29, 1.82) is 0 Å². The molecule has 3 aromatic heterocycles. The average Bonchev–Trinajstić information content (AvgIpc) is 3.08. The number of hydrogen-bond donors (Lipinski definition) is 0. The first-order valence-corrected chi connectivity index (χ1v) is 15.0. The van der Waals surface area contributed by atoms with Gasteiger partial charge in [-0.05, 0) is 60.5 Å². The van der Waals surface area contributed by atoms with Crippen LogP contribution in [0.1, 0.15) is 32.6 Å². The first-order valence-electron chi connectivity index (χ1n) is 13.9. The van der Waals surface area contributed by atoms with Crippen LogP contribution in [0.3, 0.4) is 0 Å². The van der Waals surface area contributed by atoms with Gasteiger partial charge in [-0.15, -0.1) is 0 Å². The molecule has 0 atom stereocenters. The molecule has 0 spiro atoms. The van der Waals surface area contributed by atoms with Crippen molar-refractivity contribution in [3.8, 4) is 28.7 Å². The maximum Gasteiger partial charge on any atom is 0.261 e. The van der Waals surface area contributed by atoms with Gasteiger partial charge >= 0.3 is 0 Å². The molecule has 5 aromatic rings. The summed E-state index contributed by atoms with van der Waals surface area (Å²) in [6.45, 7) is 3.12. The fourth-order valence-electron chi connectivity index (χ4n) is 4.38. The molecule has 0 radical (unpaired) electrons. The summed E-state index contributed by atoms with van der Waals surface area (Å²) in [6.07, 6.45) is 9.45. The van der Waals surface area contributed by atoms with E-state index in [1.165, 1.54) is 5.56 Å². The number of ether oxygens (including phenoxy) is 4. The molecule has 0 saturated heterocycles. The number of rotatable bonds is 9. The highest BCUT2D eigenvalue weighted by Crippen LogP contribution is 2.32. The summed E-state index contributed by atoms with van der Waals surface area (Å²) in [5.41, 5.74) is 4.21. The maximum atomic E-state index is 13.2. The Balaban J connectivity index is 0.000000418. The van der Waals surface area contributed by atoms with E-state index in [1.54, 1.807) is 65.8 Å². The van der Waals surface area contributed by atoms with Gasteiger partial charge in [0.15, 0.2) is 17.8 Å². The number of hydrogen-bond acceptors (Lipinski definition) is 8. The third kappa shape index (κ3) is 7.70. The molecule has 4 heterocycles. The van der Waals surface area contributed by atoms with Gasteiger partial charge in [0.05, 0.1) is 16.8 Å². The van der Waals surface area contributed by atoms with Crippen molar-refractivity contribution >= 4 is 22.2 Å². The predicted octanol–water partition coefficient (Wildman–Crippen LogP) is 6.26. The number of aromatic nitrogens is 3. The summed E-state index contributed by atoms with van der Waals surface area (Å²) in [6, 6.07) is 20.0. The smallest absolute Gasteiger partial charge is 0.261 e. The number of carbonyl (C=O) groups excluding carboxylic acids is 1. The van der Waals surface area contributed by atoms with Gasteiger partial charge in [0.2, 0.25) is 0 Å². The molecule has 44 heavy (non-hydrogen) atoms. The second kappa shape index (κ2) is 15.0. The van der Waals surface area contributed by atoms with E-state index in [0.29, 0.717) is 53.0 Å².